The van der Waals surface area contributed by atoms with Crippen molar-refractivity contribution in [1.29, 1.82) is 0 Å². The van der Waals surface area contributed by atoms with Gasteiger partial charge in [0.2, 0.25) is 10.0 Å². The van der Waals surface area contributed by atoms with E-state index >= 15 is 0 Å². The molecular formula is C9H12F3N3O4S2. The van der Waals surface area contributed by atoms with Crippen molar-refractivity contribution in [2.75, 3.05) is 11.3 Å². The first-order chi connectivity index (χ1) is 9.30. The molecule has 12 heteroatoms. The normalized spacial score (nSPS) is 13.2. The Balaban J connectivity index is 3.02. The molecule has 0 bridgehead atoms. The molecule has 1 rings (SSSR count). The van der Waals surface area contributed by atoms with E-state index in [1.807, 2.05) is 4.72 Å². The summed E-state index contributed by atoms with van der Waals surface area (Å²) in [6.45, 7) is -0.315. The van der Waals surface area contributed by atoms with E-state index in [-0.39, 0.29) is 10.6 Å². The van der Waals surface area contributed by atoms with E-state index in [4.69, 9.17) is 5.14 Å². The smallest absolute Gasteiger partial charge is 0.271 e. The summed E-state index contributed by atoms with van der Waals surface area (Å²) in [7, 11) is -8.58. The summed E-state index contributed by atoms with van der Waals surface area (Å²) in [5.41, 5.74) is 0.107. The van der Waals surface area contributed by atoms with Crippen LogP contribution in [0.3, 0.4) is 0 Å². The summed E-state index contributed by atoms with van der Waals surface area (Å²) in [4.78, 5) is -0.373. The van der Waals surface area contributed by atoms with E-state index in [9.17, 15) is 30.0 Å². The van der Waals surface area contributed by atoms with Crippen molar-refractivity contribution in [2.24, 2.45) is 5.14 Å². The Morgan fingerprint density at radius 2 is 1.76 bits per heavy atom. The molecule has 0 heterocycles. The third-order valence-corrected chi connectivity index (χ3v) is 4.17. The molecule has 0 spiro atoms. The zero-order valence-corrected chi connectivity index (χ0v) is 12.2. The van der Waals surface area contributed by atoms with Gasteiger partial charge in [-0.1, -0.05) is 6.07 Å². The SMILES string of the molecule is Cc1ccc(S(N)(=O)=O)cc1NS(=O)(=O)NCC(F)(F)F. The Hall–Kier alpha value is -1.37. The maximum Gasteiger partial charge on any atom is 0.402 e. The maximum absolute atomic E-state index is 12.0. The van der Waals surface area contributed by atoms with Crippen molar-refractivity contribution in [3.05, 3.63) is 23.8 Å². The second-order valence-electron chi connectivity index (χ2n) is 4.06. The lowest BCUT2D eigenvalue weighted by Crippen LogP contribution is -2.37. The minimum absolute atomic E-state index is 0.198. The Labute approximate surface area is 119 Å². The average Bonchev–Trinajstić information content (AvgIpc) is 2.27. The number of alkyl halides is 3. The van der Waals surface area contributed by atoms with Crippen LogP contribution >= 0.6 is 0 Å². The molecule has 0 aliphatic heterocycles. The molecule has 0 unspecified atom stereocenters. The zero-order chi connectivity index (χ0) is 16.5. The van der Waals surface area contributed by atoms with E-state index in [0.29, 0.717) is 5.56 Å². The highest BCUT2D eigenvalue weighted by atomic mass is 32.2. The molecule has 0 aliphatic carbocycles. The fourth-order valence-electron chi connectivity index (χ4n) is 1.25. The topological polar surface area (TPSA) is 118 Å². The average molecular weight is 347 g/mol. The van der Waals surface area contributed by atoms with E-state index in [0.717, 1.165) is 12.1 Å². The molecule has 0 radical (unpaired) electrons. The minimum Gasteiger partial charge on any atom is -0.271 e. The first-order valence-electron chi connectivity index (χ1n) is 5.28. The molecule has 0 saturated carbocycles. The summed E-state index contributed by atoms with van der Waals surface area (Å²) in [5, 5.41) is 4.89. The van der Waals surface area contributed by atoms with Crippen molar-refractivity contribution in [1.82, 2.24) is 4.72 Å². The molecule has 1 aromatic carbocycles. The first-order valence-corrected chi connectivity index (χ1v) is 8.31. The predicted molar refractivity (Wildman–Crippen MR) is 69.2 cm³/mol. The van der Waals surface area contributed by atoms with Crippen LogP contribution < -0.4 is 14.6 Å². The molecule has 0 aliphatic rings. The molecule has 21 heavy (non-hydrogen) atoms. The lowest BCUT2D eigenvalue weighted by Gasteiger charge is -2.13. The van der Waals surface area contributed by atoms with Gasteiger partial charge in [0.1, 0.15) is 6.54 Å². The van der Waals surface area contributed by atoms with Crippen molar-refractivity contribution < 1.29 is 30.0 Å². The number of hydrogen-bond donors (Lipinski definition) is 3. The molecular weight excluding hydrogens is 335 g/mol. The molecule has 1 aromatic rings. The number of primary sulfonamides is 1. The number of hydrogen-bond acceptors (Lipinski definition) is 4. The molecule has 0 fully saturated rings. The van der Waals surface area contributed by atoms with E-state index in [1.54, 1.807) is 0 Å². The van der Waals surface area contributed by atoms with Crippen molar-refractivity contribution in [3.8, 4) is 0 Å². The molecule has 0 aromatic heterocycles. The van der Waals surface area contributed by atoms with Gasteiger partial charge in [-0.15, -0.1) is 0 Å². The van der Waals surface area contributed by atoms with Crippen LogP contribution in [0, 0.1) is 6.92 Å². The van der Waals surface area contributed by atoms with Gasteiger partial charge in [0.15, 0.2) is 0 Å². The highest BCUT2D eigenvalue weighted by Gasteiger charge is 2.29. The highest BCUT2D eigenvalue weighted by molar-refractivity contribution is 7.90. The van der Waals surface area contributed by atoms with Crippen LogP contribution in [0.5, 0.6) is 0 Å². The quantitative estimate of drug-likeness (QED) is 0.716. The number of sulfonamides is 1. The molecule has 4 N–H and O–H groups in total. The van der Waals surface area contributed by atoms with Crippen LogP contribution in [0.15, 0.2) is 23.1 Å². The number of halogens is 3. The Kier molecular flexibility index (Phi) is 4.87. The van der Waals surface area contributed by atoms with Crippen LogP contribution in [0.4, 0.5) is 18.9 Å². The third kappa shape index (κ3) is 5.87. The number of benzene rings is 1. The fourth-order valence-corrected chi connectivity index (χ4v) is 2.72. The lowest BCUT2D eigenvalue weighted by molar-refractivity contribution is -0.121. The van der Waals surface area contributed by atoms with Crippen molar-refractivity contribution in [3.63, 3.8) is 0 Å². The summed E-state index contributed by atoms with van der Waals surface area (Å²) in [5.74, 6) is 0. The summed E-state index contributed by atoms with van der Waals surface area (Å²) in [6, 6.07) is 3.32. The lowest BCUT2D eigenvalue weighted by atomic mass is 10.2. The summed E-state index contributed by atoms with van der Waals surface area (Å²) < 4.78 is 84.2. The monoisotopic (exact) mass is 347 g/mol. The number of anilines is 1. The van der Waals surface area contributed by atoms with Gasteiger partial charge in [0.05, 0.1) is 10.6 Å². The van der Waals surface area contributed by atoms with Crippen molar-refractivity contribution >= 4 is 25.9 Å². The largest absolute Gasteiger partial charge is 0.402 e. The van der Waals surface area contributed by atoms with Crippen molar-refractivity contribution in [2.45, 2.75) is 18.0 Å². The third-order valence-electron chi connectivity index (χ3n) is 2.24. The highest BCUT2D eigenvalue weighted by Crippen LogP contribution is 2.20. The number of nitrogens with one attached hydrogen (secondary N) is 2. The predicted octanol–water partition coefficient (Wildman–Crippen LogP) is 0.451. The number of nitrogens with two attached hydrogens (primary N) is 1. The molecule has 7 nitrogen and oxygen atoms in total. The zero-order valence-electron chi connectivity index (χ0n) is 10.6. The second-order valence-corrected chi connectivity index (χ2v) is 7.12. The van der Waals surface area contributed by atoms with Gasteiger partial charge in [0, 0.05) is 0 Å². The Morgan fingerprint density at radius 1 is 1.19 bits per heavy atom. The number of rotatable bonds is 5. The van der Waals surface area contributed by atoms with Crippen LogP contribution in [-0.2, 0) is 20.2 Å². The molecule has 0 amide bonds. The van der Waals surface area contributed by atoms with E-state index in [1.165, 1.54) is 17.7 Å². The second kappa shape index (κ2) is 5.79. The Bertz CT molecular complexity index is 729. The van der Waals surface area contributed by atoms with E-state index in [2.05, 4.69) is 0 Å². The maximum atomic E-state index is 12.0. The van der Waals surface area contributed by atoms with Gasteiger partial charge in [0.25, 0.3) is 10.2 Å². The molecule has 120 valence electrons. The first kappa shape index (κ1) is 17.7. The number of aryl methyl sites for hydroxylation is 1. The van der Waals surface area contributed by atoms with Gasteiger partial charge in [-0.2, -0.15) is 26.3 Å². The summed E-state index contributed by atoms with van der Waals surface area (Å²) in [6.07, 6.45) is -4.72. The van der Waals surface area contributed by atoms with Crippen LogP contribution in [-0.4, -0.2) is 29.6 Å². The van der Waals surface area contributed by atoms with Gasteiger partial charge in [-0.3, -0.25) is 4.72 Å². The Morgan fingerprint density at radius 3 is 2.24 bits per heavy atom. The molecule has 0 saturated heterocycles. The van der Waals surface area contributed by atoms with Gasteiger partial charge in [-0.25, -0.2) is 13.6 Å². The fraction of sp³-hybridized carbons (Fsp3) is 0.333. The van der Waals surface area contributed by atoms with Crippen LogP contribution in [0.2, 0.25) is 0 Å². The van der Waals surface area contributed by atoms with Crippen LogP contribution in [0.25, 0.3) is 0 Å². The van der Waals surface area contributed by atoms with Gasteiger partial charge >= 0.3 is 6.18 Å². The molecule has 0 atom stereocenters. The van der Waals surface area contributed by atoms with Gasteiger partial charge in [-0.05, 0) is 24.6 Å². The van der Waals surface area contributed by atoms with Crippen LogP contribution in [0.1, 0.15) is 5.56 Å². The standard InChI is InChI=1S/C9H12F3N3O4S2/c1-6-2-3-7(20(13,16)17)4-8(6)15-21(18,19)14-5-9(10,11)12/h2-4,14-15H,5H2,1H3,(H2,13,16,17). The van der Waals surface area contributed by atoms with Gasteiger partial charge < -0.3 is 0 Å². The summed E-state index contributed by atoms with van der Waals surface area (Å²) >= 11 is 0. The minimum atomic E-state index is -4.72. The van der Waals surface area contributed by atoms with E-state index < -0.39 is 33.0 Å².